The summed E-state index contributed by atoms with van der Waals surface area (Å²) in [5.41, 5.74) is -0.0873. The lowest BCUT2D eigenvalue weighted by molar-refractivity contribution is -0.128. The van der Waals surface area contributed by atoms with Gasteiger partial charge in [-0.1, -0.05) is 6.92 Å². The Labute approximate surface area is 89.2 Å². The topological polar surface area (TPSA) is 9.23 Å². The molecule has 14 heavy (non-hydrogen) atoms. The molecule has 0 saturated carbocycles. The van der Waals surface area contributed by atoms with Crippen molar-refractivity contribution in [3.8, 4) is 12.3 Å². The Bertz CT molecular complexity index is 194. The van der Waals surface area contributed by atoms with Crippen LogP contribution in [0.25, 0.3) is 0 Å². The zero-order valence-electron chi connectivity index (χ0n) is 10.3. The first kappa shape index (κ1) is 13.5. The van der Waals surface area contributed by atoms with E-state index in [2.05, 4.69) is 40.5 Å². The van der Waals surface area contributed by atoms with Crippen molar-refractivity contribution in [2.24, 2.45) is 0 Å². The second-order valence-corrected chi connectivity index (χ2v) is 5.08. The molecule has 1 atom stereocenters. The second-order valence-electron chi connectivity index (χ2n) is 5.08. The molecule has 0 aliphatic heterocycles. The van der Waals surface area contributed by atoms with E-state index in [0.717, 1.165) is 25.7 Å². The fraction of sp³-hybridized carbons (Fsp3) is 0.846. The maximum absolute atomic E-state index is 6.05. The van der Waals surface area contributed by atoms with Gasteiger partial charge in [-0.25, -0.2) is 0 Å². The third-order valence-electron chi connectivity index (χ3n) is 2.33. The van der Waals surface area contributed by atoms with Crippen LogP contribution in [0.3, 0.4) is 0 Å². The summed E-state index contributed by atoms with van der Waals surface area (Å²) in [5, 5.41) is 0. The van der Waals surface area contributed by atoms with Crippen LogP contribution >= 0.6 is 0 Å². The van der Waals surface area contributed by atoms with E-state index in [0.29, 0.717) is 0 Å². The Morgan fingerprint density at radius 3 is 2.14 bits per heavy atom. The summed E-state index contributed by atoms with van der Waals surface area (Å²) >= 11 is 0. The van der Waals surface area contributed by atoms with Crippen molar-refractivity contribution in [3.05, 3.63) is 0 Å². The van der Waals surface area contributed by atoms with Crippen LogP contribution in [0.2, 0.25) is 0 Å². The van der Waals surface area contributed by atoms with Crippen LogP contribution in [0.4, 0.5) is 0 Å². The van der Waals surface area contributed by atoms with Crippen molar-refractivity contribution in [2.75, 3.05) is 0 Å². The van der Waals surface area contributed by atoms with Crippen molar-refractivity contribution in [1.29, 1.82) is 0 Å². The van der Waals surface area contributed by atoms with Gasteiger partial charge in [-0.2, -0.15) is 0 Å². The number of unbranched alkanes of at least 4 members (excludes halogenated alkanes) is 1. The van der Waals surface area contributed by atoms with E-state index in [1.54, 1.807) is 0 Å². The lowest BCUT2D eigenvalue weighted by Gasteiger charge is -2.36. The largest absolute Gasteiger partial charge is 0.370 e. The number of hydrogen-bond donors (Lipinski definition) is 0. The molecule has 0 aromatic heterocycles. The summed E-state index contributed by atoms with van der Waals surface area (Å²) in [5.74, 6) is 2.67. The Hall–Kier alpha value is -0.480. The molecule has 1 nitrogen and oxygen atoms in total. The monoisotopic (exact) mass is 196 g/mol. The molecule has 82 valence electrons. The van der Waals surface area contributed by atoms with Gasteiger partial charge in [0.2, 0.25) is 0 Å². The molecule has 0 radical (unpaired) electrons. The molecular weight excluding hydrogens is 172 g/mol. The first-order valence-corrected chi connectivity index (χ1v) is 5.46. The summed E-state index contributed by atoms with van der Waals surface area (Å²) in [6.45, 7) is 10.6. The highest BCUT2D eigenvalue weighted by atomic mass is 16.5. The van der Waals surface area contributed by atoms with Gasteiger partial charge in [0.1, 0.15) is 0 Å². The maximum atomic E-state index is 6.05. The molecule has 0 heterocycles. The molecular formula is C13H24O. The van der Waals surface area contributed by atoms with E-state index in [4.69, 9.17) is 11.2 Å². The Balaban J connectivity index is 4.13. The summed E-state index contributed by atoms with van der Waals surface area (Å²) in [6.07, 6.45) is 9.22. The van der Waals surface area contributed by atoms with Crippen LogP contribution < -0.4 is 0 Å². The third kappa shape index (κ3) is 6.05. The normalized spacial score (nSPS) is 16.0. The zero-order chi connectivity index (χ0) is 11.2. The number of ether oxygens (including phenoxy) is 1. The number of hydrogen-bond acceptors (Lipinski definition) is 1. The van der Waals surface area contributed by atoms with Crippen LogP contribution in [0.1, 0.15) is 60.3 Å². The van der Waals surface area contributed by atoms with Gasteiger partial charge >= 0.3 is 0 Å². The zero-order valence-corrected chi connectivity index (χ0v) is 10.3. The Morgan fingerprint density at radius 1 is 1.21 bits per heavy atom. The highest BCUT2D eigenvalue weighted by Gasteiger charge is 2.28. The van der Waals surface area contributed by atoms with E-state index in [-0.39, 0.29) is 11.2 Å². The predicted molar refractivity (Wildman–Crippen MR) is 62.2 cm³/mol. The lowest BCUT2D eigenvalue weighted by atomic mass is 9.94. The summed E-state index contributed by atoms with van der Waals surface area (Å²) < 4.78 is 6.05. The SMILES string of the molecule is C#CCCCC(C)(CC)OC(C)(C)C. The number of terminal acetylenes is 1. The molecule has 0 aromatic rings. The molecule has 0 amide bonds. The maximum Gasteiger partial charge on any atom is 0.0659 e. The third-order valence-corrected chi connectivity index (χ3v) is 2.33. The minimum atomic E-state index is -0.0685. The number of rotatable bonds is 5. The van der Waals surface area contributed by atoms with E-state index < -0.39 is 0 Å². The molecule has 0 aromatic carbocycles. The molecule has 1 unspecified atom stereocenters. The van der Waals surface area contributed by atoms with Gasteiger partial charge in [-0.3, -0.25) is 0 Å². The van der Waals surface area contributed by atoms with Crippen molar-refractivity contribution in [1.82, 2.24) is 0 Å². The second kappa shape index (κ2) is 5.41. The van der Waals surface area contributed by atoms with Crippen molar-refractivity contribution in [3.63, 3.8) is 0 Å². The molecule has 0 rings (SSSR count). The highest BCUT2D eigenvalue weighted by Crippen LogP contribution is 2.28. The molecule has 0 bridgehead atoms. The van der Waals surface area contributed by atoms with Crippen LogP contribution in [0.5, 0.6) is 0 Å². The van der Waals surface area contributed by atoms with Gasteiger partial charge < -0.3 is 4.74 Å². The molecule has 0 aliphatic carbocycles. The van der Waals surface area contributed by atoms with Gasteiger partial charge in [-0.05, 0) is 47.0 Å². The van der Waals surface area contributed by atoms with E-state index >= 15 is 0 Å². The van der Waals surface area contributed by atoms with Gasteiger partial charge in [-0.15, -0.1) is 12.3 Å². The van der Waals surface area contributed by atoms with Gasteiger partial charge in [0.25, 0.3) is 0 Å². The minimum absolute atomic E-state index is 0.0188. The average molecular weight is 196 g/mol. The smallest absolute Gasteiger partial charge is 0.0659 e. The van der Waals surface area contributed by atoms with Crippen molar-refractivity contribution >= 4 is 0 Å². The molecule has 1 heteroatoms. The Morgan fingerprint density at radius 2 is 1.79 bits per heavy atom. The molecule has 0 fully saturated rings. The van der Waals surface area contributed by atoms with Crippen LogP contribution in [0, 0.1) is 12.3 Å². The fourth-order valence-corrected chi connectivity index (χ4v) is 1.60. The first-order valence-electron chi connectivity index (χ1n) is 5.46. The van der Waals surface area contributed by atoms with E-state index in [9.17, 15) is 0 Å². The van der Waals surface area contributed by atoms with Crippen LogP contribution in [-0.2, 0) is 4.74 Å². The molecule has 0 N–H and O–H groups in total. The van der Waals surface area contributed by atoms with Gasteiger partial charge in [0.05, 0.1) is 11.2 Å². The molecule has 0 spiro atoms. The fourth-order valence-electron chi connectivity index (χ4n) is 1.60. The first-order chi connectivity index (χ1) is 6.33. The van der Waals surface area contributed by atoms with Crippen LogP contribution in [0.15, 0.2) is 0 Å². The lowest BCUT2D eigenvalue weighted by Crippen LogP contribution is -2.36. The van der Waals surface area contributed by atoms with Gasteiger partial charge in [0, 0.05) is 6.42 Å². The summed E-state index contributed by atoms with van der Waals surface area (Å²) in [4.78, 5) is 0. The highest BCUT2D eigenvalue weighted by molar-refractivity contribution is 4.85. The minimum Gasteiger partial charge on any atom is -0.370 e. The Kier molecular flexibility index (Phi) is 5.23. The van der Waals surface area contributed by atoms with Crippen molar-refractivity contribution in [2.45, 2.75) is 71.5 Å². The molecule has 0 saturated heterocycles. The van der Waals surface area contributed by atoms with Crippen molar-refractivity contribution < 1.29 is 4.74 Å². The molecule has 0 aliphatic rings. The quantitative estimate of drug-likeness (QED) is 0.480. The average Bonchev–Trinajstić information content (AvgIpc) is 2.02. The standard InChI is InChI=1S/C13H24O/c1-7-9-10-11-13(6,8-2)14-12(3,4)5/h1H,8-11H2,2-6H3. The van der Waals surface area contributed by atoms with E-state index in [1.165, 1.54) is 0 Å². The van der Waals surface area contributed by atoms with E-state index in [1.807, 2.05) is 0 Å². The summed E-state index contributed by atoms with van der Waals surface area (Å²) in [7, 11) is 0. The van der Waals surface area contributed by atoms with Crippen LogP contribution in [-0.4, -0.2) is 11.2 Å². The van der Waals surface area contributed by atoms with Gasteiger partial charge in [0.15, 0.2) is 0 Å². The predicted octanol–water partition coefficient (Wildman–Crippen LogP) is 3.77. The summed E-state index contributed by atoms with van der Waals surface area (Å²) in [6, 6.07) is 0.